The fraction of sp³-hybridized carbons (Fsp3) is 0.238. The van der Waals surface area contributed by atoms with Gasteiger partial charge in [-0.25, -0.2) is 0 Å². The van der Waals surface area contributed by atoms with Crippen molar-refractivity contribution in [3.05, 3.63) is 65.0 Å². The third-order valence-corrected chi connectivity index (χ3v) is 4.52. The number of hydrogen-bond acceptors (Lipinski definition) is 5. The molecule has 0 fully saturated rings. The number of aromatic nitrogens is 2. The van der Waals surface area contributed by atoms with E-state index in [1.807, 2.05) is 31.2 Å². The number of halogens is 1. The molecule has 1 N–H and O–H groups in total. The highest BCUT2D eigenvalue weighted by Crippen LogP contribution is 2.17. The first-order valence-electron chi connectivity index (χ1n) is 9.10. The largest absolute Gasteiger partial charge is 0.339 e. The summed E-state index contributed by atoms with van der Waals surface area (Å²) in [5, 5.41) is 7.26. The number of benzene rings is 2. The van der Waals surface area contributed by atoms with Crippen LogP contribution in [-0.4, -0.2) is 40.4 Å². The van der Waals surface area contributed by atoms with Gasteiger partial charge in [0.2, 0.25) is 23.5 Å². The summed E-state index contributed by atoms with van der Waals surface area (Å²) in [7, 11) is 1.58. The lowest BCUT2D eigenvalue weighted by Gasteiger charge is -2.16. The Morgan fingerprint density at radius 1 is 1.10 bits per heavy atom. The number of nitrogens with one attached hydrogen (secondary N) is 1. The van der Waals surface area contributed by atoms with Crippen molar-refractivity contribution in [3.8, 4) is 11.4 Å². The van der Waals surface area contributed by atoms with Crippen molar-refractivity contribution in [1.82, 2.24) is 15.0 Å². The molecule has 0 atom stereocenters. The van der Waals surface area contributed by atoms with Crippen molar-refractivity contribution in [2.45, 2.75) is 19.8 Å². The van der Waals surface area contributed by atoms with Crippen LogP contribution in [-0.2, 0) is 16.0 Å². The molecule has 0 aliphatic carbocycles. The number of likely N-dealkylation sites (N-methyl/N-ethyl adjacent to an activating group) is 1. The molecule has 0 radical (unpaired) electrons. The quantitative estimate of drug-likeness (QED) is 0.638. The Labute approximate surface area is 173 Å². The monoisotopic (exact) mass is 412 g/mol. The van der Waals surface area contributed by atoms with Crippen LogP contribution >= 0.6 is 11.6 Å². The van der Waals surface area contributed by atoms with Crippen LogP contribution in [0.15, 0.2) is 53.1 Å². The van der Waals surface area contributed by atoms with Crippen LogP contribution in [0, 0.1) is 6.92 Å². The van der Waals surface area contributed by atoms with E-state index in [0.29, 0.717) is 28.8 Å². The van der Waals surface area contributed by atoms with Gasteiger partial charge >= 0.3 is 0 Å². The summed E-state index contributed by atoms with van der Waals surface area (Å²) in [6, 6.07) is 14.5. The molecule has 0 unspecified atom stereocenters. The minimum atomic E-state index is -0.289. The predicted molar refractivity (Wildman–Crippen MR) is 111 cm³/mol. The second-order valence-corrected chi connectivity index (χ2v) is 7.12. The Hall–Kier alpha value is -3.19. The van der Waals surface area contributed by atoms with E-state index in [0.717, 1.165) is 11.1 Å². The lowest BCUT2D eigenvalue weighted by Crippen LogP contribution is -2.35. The molecule has 7 nitrogen and oxygen atoms in total. The molecule has 1 heterocycles. The summed E-state index contributed by atoms with van der Waals surface area (Å²) in [6.07, 6.45) is 0.473. The zero-order valence-electron chi connectivity index (χ0n) is 16.2. The van der Waals surface area contributed by atoms with E-state index in [2.05, 4.69) is 15.5 Å². The molecule has 3 aromatic rings. The lowest BCUT2D eigenvalue weighted by atomic mass is 10.1. The third kappa shape index (κ3) is 5.89. The second-order valence-electron chi connectivity index (χ2n) is 6.68. The fourth-order valence-corrected chi connectivity index (χ4v) is 2.74. The highest BCUT2D eigenvalue weighted by atomic mass is 35.5. The van der Waals surface area contributed by atoms with Gasteiger partial charge in [0, 0.05) is 36.2 Å². The second kappa shape index (κ2) is 9.34. The molecular formula is C21H21ClN4O3. The van der Waals surface area contributed by atoms with Gasteiger partial charge in [0.1, 0.15) is 0 Å². The van der Waals surface area contributed by atoms with Crippen molar-refractivity contribution < 1.29 is 14.1 Å². The molecule has 0 aliphatic heterocycles. The average Bonchev–Trinajstić information content (AvgIpc) is 3.17. The molecule has 0 bridgehead atoms. The van der Waals surface area contributed by atoms with E-state index in [1.54, 1.807) is 31.3 Å². The molecule has 0 saturated carbocycles. The molecule has 2 aromatic carbocycles. The summed E-state index contributed by atoms with van der Waals surface area (Å²) in [6.45, 7) is 1.95. The van der Waals surface area contributed by atoms with Crippen molar-refractivity contribution in [2.75, 3.05) is 18.9 Å². The van der Waals surface area contributed by atoms with Gasteiger partial charge < -0.3 is 14.7 Å². The smallest absolute Gasteiger partial charge is 0.243 e. The maximum atomic E-state index is 12.3. The van der Waals surface area contributed by atoms with Gasteiger partial charge in [-0.05, 0) is 31.2 Å². The van der Waals surface area contributed by atoms with E-state index in [4.69, 9.17) is 16.1 Å². The van der Waals surface area contributed by atoms with Gasteiger partial charge in [0.25, 0.3) is 0 Å². The van der Waals surface area contributed by atoms with Crippen LogP contribution in [0.1, 0.15) is 17.9 Å². The van der Waals surface area contributed by atoms with Crippen LogP contribution in [0.4, 0.5) is 5.69 Å². The van der Waals surface area contributed by atoms with Gasteiger partial charge in [-0.3, -0.25) is 9.59 Å². The summed E-state index contributed by atoms with van der Waals surface area (Å²) in [5.74, 6) is 0.394. The Morgan fingerprint density at radius 2 is 1.79 bits per heavy atom. The van der Waals surface area contributed by atoms with Gasteiger partial charge in [0.15, 0.2) is 0 Å². The van der Waals surface area contributed by atoms with Crippen LogP contribution in [0.3, 0.4) is 0 Å². The lowest BCUT2D eigenvalue weighted by molar-refractivity contribution is -0.133. The van der Waals surface area contributed by atoms with Crippen LogP contribution in [0.5, 0.6) is 0 Å². The maximum absolute atomic E-state index is 12.3. The first kappa shape index (κ1) is 20.5. The number of carbonyl (C=O) groups excluding carboxylic acids is 2. The molecule has 3 rings (SSSR count). The highest BCUT2D eigenvalue weighted by molar-refractivity contribution is 6.30. The summed E-state index contributed by atoms with van der Waals surface area (Å²) in [4.78, 5) is 30.1. The first-order valence-corrected chi connectivity index (χ1v) is 9.47. The molecule has 150 valence electrons. The van der Waals surface area contributed by atoms with Gasteiger partial charge in [-0.15, -0.1) is 0 Å². The first-order chi connectivity index (χ1) is 13.9. The van der Waals surface area contributed by atoms with Crippen LogP contribution in [0.25, 0.3) is 11.4 Å². The molecule has 1 aromatic heterocycles. The van der Waals surface area contributed by atoms with Gasteiger partial charge in [0.05, 0.1) is 6.54 Å². The van der Waals surface area contributed by atoms with Crippen molar-refractivity contribution in [3.63, 3.8) is 0 Å². The number of amides is 2. The molecule has 29 heavy (non-hydrogen) atoms. The molecule has 2 amide bonds. The molecule has 8 heteroatoms. The Kier molecular flexibility index (Phi) is 6.61. The number of aryl methyl sites for hydroxylation is 2. The fourth-order valence-electron chi connectivity index (χ4n) is 2.62. The van der Waals surface area contributed by atoms with Crippen molar-refractivity contribution in [1.29, 1.82) is 0 Å². The molecule has 0 saturated heterocycles. The number of carbonyl (C=O) groups is 2. The number of anilines is 1. The van der Waals surface area contributed by atoms with E-state index in [9.17, 15) is 9.59 Å². The SMILES string of the molecule is Cc1ccc(-c2noc(CCC(=O)N(C)CC(=O)Nc3ccc(Cl)cc3)n2)cc1. The van der Waals surface area contributed by atoms with Crippen LogP contribution < -0.4 is 5.32 Å². The van der Waals surface area contributed by atoms with Crippen LogP contribution in [0.2, 0.25) is 5.02 Å². The summed E-state index contributed by atoms with van der Waals surface area (Å²) in [5.41, 5.74) is 2.62. The zero-order valence-corrected chi connectivity index (χ0v) is 16.9. The Balaban J connectivity index is 1.48. The van der Waals surface area contributed by atoms with Crippen molar-refractivity contribution in [2.24, 2.45) is 0 Å². The normalized spacial score (nSPS) is 10.6. The average molecular weight is 413 g/mol. The van der Waals surface area contributed by atoms with Gasteiger partial charge in [-0.1, -0.05) is 46.6 Å². The number of rotatable bonds is 7. The zero-order chi connectivity index (χ0) is 20.8. The number of nitrogens with zero attached hydrogens (tertiary/aromatic N) is 3. The molecule has 0 aliphatic rings. The van der Waals surface area contributed by atoms with E-state index >= 15 is 0 Å². The predicted octanol–water partition coefficient (Wildman–Crippen LogP) is 3.73. The molecule has 0 spiro atoms. The van der Waals surface area contributed by atoms with E-state index in [-0.39, 0.29) is 24.8 Å². The number of hydrogen-bond donors (Lipinski definition) is 1. The maximum Gasteiger partial charge on any atom is 0.243 e. The standard InChI is InChI=1S/C21H21ClN4O3/c1-14-3-5-15(6-4-14)21-24-19(29-25-21)11-12-20(28)26(2)13-18(27)23-17-9-7-16(22)8-10-17/h3-10H,11-13H2,1-2H3,(H,23,27). The Morgan fingerprint density at radius 3 is 2.48 bits per heavy atom. The molecular weight excluding hydrogens is 392 g/mol. The van der Waals surface area contributed by atoms with E-state index < -0.39 is 0 Å². The Bertz CT molecular complexity index is 984. The minimum Gasteiger partial charge on any atom is -0.339 e. The summed E-state index contributed by atoms with van der Waals surface area (Å²) < 4.78 is 5.23. The summed E-state index contributed by atoms with van der Waals surface area (Å²) >= 11 is 5.82. The van der Waals surface area contributed by atoms with E-state index in [1.165, 1.54) is 4.90 Å². The van der Waals surface area contributed by atoms with Gasteiger partial charge in [-0.2, -0.15) is 4.98 Å². The van der Waals surface area contributed by atoms with Crippen molar-refractivity contribution >= 4 is 29.1 Å². The topological polar surface area (TPSA) is 88.3 Å². The minimum absolute atomic E-state index is 0.0556. The highest BCUT2D eigenvalue weighted by Gasteiger charge is 2.15. The third-order valence-electron chi connectivity index (χ3n) is 4.27.